The summed E-state index contributed by atoms with van der Waals surface area (Å²) in [6.07, 6.45) is 1.68. The lowest BCUT2D eigenvalue weighted by Crippen LogP contribution is -2.04. The van der Waals surface area contributed by atoms with E-state index in [0.717, 1.165) is 27.0 Å². The molecule has 0 saturated carbocycles. The Labute approximate surface area is 159 Å². The van der Waals surface area contributed by atoms with E-state index in [9.17, 15) is 4.79 Å². The Bertz CT molecular complexity index is 1080. The fourth-order valence-electron chi connectivity index (χ4n) is 2.67. The number of halogens is 1. The van der Waals surface area contributed by atoms with Gasteiger partial charge in [0.2, 0.25) is 5.90 Å². The van der Waals surface area contributed by atoms with Crippen LogP contribution in [0.2, 0.25) is 5.02 Å². The van der Waals surface area contributed by atoms with Gasteiger partial charge in [-0.3, -0.25) is 0 Å². The third-order valence-electron chi connectivity index (χ3n) is 4.02. The van der Waals surface area contributed by atoms with Crippen molar-refractivity contribution < 1.29 is 14.3 Å². The molecule has 0 atom stereocenters. The lowest BCUT2D eigenvalue weighted by atomic mass is 10.2. The van der Waals surface area contributed by atoms with Crippen LogP contribution < -0.4 is 4.74 Å². The molecule has 0 aliphatic carbocycles. The van der Waals surface area contributed by atoms with Gasteiger partial charge in [-0.15, -0.1) is 11.3 Å². The molecule has 130 valence electrons. The summed E-state index contributed by atoms with van der Waals surface area (Å²) in [5.41, 5.74) is 2.23. The molecule has 4 nitrogen and oxygen atoms in total. The smallest absolute Gasteiger partial charge is 0.363 e. The molecule has 2 heterocycles. The molecule has 3 aromatic rings. The molecule has 1 aromatic heterocycles. The molecule has 26 heavy (non-hydrogen) atoms. The van der Waals surface area contributed by atoms with Crippen molar-refractivity contribution in [1.29, 1.82) is 0 Å². The van der Waals surface area contributed by atoms with Crippen LogP contribution in [0.5, 0.6) is 5.75 Å². The molecule has 0 radical (unpaired) electrons. The van der Waals surface area contributed by atoms with Crippen LogP contribution in [0.25, 0.3) is 16.2 Å². The number of nitrogens with zero attached hydrogens (tertiary/aromatic N) is 1. The molecule has 4 rings (SSSR count). The highest BCUT2D eigenvalue weighted by atomic mass is 35.5. The van der Waals surface area contributed by atoms with Crippen LogP contribution in [0.4, 0.5) is 0 Å². The molecule has 0 N–H and O–H groups in total. The number of cyclic esters (lactones) is 1. The molecule has 0 saturated heterocycles. The maximum atomic E-state index is 12.2. The van der Waals surface area contributed by atoms with Crippen molar-refractivity contribution in [2.24, 2.45) is 4.99 Å². The Morgan fingerprint density at radius 2 is 1.96 bits per heavy atom. The lowest BCUT2D eigenvalue weighted by molar-refractivity contribution is -0.129. The summed E-state index contributed by atoms with van der Waals surface area (Å²) in [7, 11) is 1.61. The first-order valence-corrected chi connectivity index (χ1v) is 9.10. The number of aliphatic imine (C=N–C) groups is 1. The first kappa shape index (κ1) is 16.8. The monoisotopic (exact) mass is 383 g/mol. The van der Waals surface area contributed by atoms with E-state index in [-0.39, 0.29) is 11.6 Å². The van der Waals surface area contributed by atoms with E-state index in [0.29, 0.717) is 9.90 Å². The largest absolute Gasteiger partial charge is 0.497 e. The Hall–Kier alpha value is -2.63. The minimum atomic E-state index is -0.486. The van der Waals surface area contributed by atoms with Crippen LogP contribution in [0, 0.1) is 6.92 Å². The van der Waals surface area contributed by atoms with Gasteiger partial charge in [-0.2, -0.15) is 0 Å². The molecule has 1 aliphatic rings. The zero-order chi connectivity index (χ0) is 18.3. The molecule has 0 unspecified atom stereocenters. The topological polar surface area (TPSA) is 47.9 Å². The third-order valence-corrected chi connectivity index (χ3v) is 5.66. The number of thiophene rings is 1. The van der Waals surface area contributed by atoms with Gasteiger partial charge in [0.1, 0.15) is 10.6 Å². The zero-order valence-electron chi connectivity index (χ0n) is 14.1. The average Bonchev–Trinajstić information content (AvgIpc) is 3.15. The number of fused-ring (bicyclic) bond motifs is 1. The van der Waals surface area contributed by atoms with Crippen LogP contribution in [0.15, 0.2) is 53.2 Å². The second-order valence-electron chi connectivity index (χ2n) is 5.85. The van der Waals surface area contributed by atoms with E-state index in [1.165, 1.54) is 11.3 Å². The van der Waals surface area contributed by atoms with Crippen LogP contribution in [-0.2, 0) is 9.53 Å². The fraction of sp³-hybridized carbons (Fsp3) is 0.100. The highest BCUT2D eigenvalue weighted by Gasteiger charge is 2.27. The molecular formula is C20H14ClNO3S. The number of rotatable bonds is 3. The molecule has 0 fully saturated rings. The Balaban J connectivity index is 1.72. The second kappa shape index (κ2) is 6.59. The number of hydrogen-bond acceptors (Lipinski definition) is 5. The molecule has 0 bridgehead atoms. The summed E-state index contributed by atoms with van der Waals surface area (Å²) in [5.74, 6) is 0.511. The molecule has 0 spiro atoms. The summed E-state index contributed by atoms with van der Waals surface area (Å²) in [5, 5.41) is 1.49. The van der Waals surface area contributed by atoms with Crippen LogP contribution in [-0.4, -0.2) is 19.0 Å². The number of aryl methyl sites for hydroxylation is 1. The fourth-order valence-corrected chi connectivity index (χ4v) is 4.21. The maximum absolute atomic E-state index is 12.2. The first-order chi connectivity index (χ1) is 12.5. The number of ether oxygens (including phenoxy) is 2. The highest BCUT2D eigenvalue weighted by Crippen LogP contribution is 2.37. The molecule has 2 aromatic carbocycles. The number of methoxy groups -OCH3 is 1. The highest BCUT2D eigenvalue weighted by molar-refractivity contribution is 7.21. The Kier molecular flexibility index (Phi) is 4.26. The van der Waals surface area contributed by atoms with Crippen molar-refractivity contribution in [3.63, 3.8) is 0 Å². The van der Waals surface area contributed by atoms with Crippen LogP contribution >= 0.6 is 22.9 Å². The summed E-state index contributed by atoms with van der Waals surface area (Å²) in [6, 6.07) is 13.4. The lowest BCUT2D eigenvalue weighted by Gasteiger charge is -1.99. The predicted octanol–water partition coefficient (Wildman–Crippen LogP) is 5.22. The minimum absolute atomic E-state index is 0.245. The number of hydrogen-bond donors (Lipinski definition) is 0. The van der Waals surface area contributed by atoms with E-state index in [4.69, 9.17) is 21.1 Å². The minimum Gasteiger partial charge on any atom is -0.497 e. The maximum Gasteiger partial charge on any atom is 0.363 e. The number of esters is 1. The van der Waals surface area contributed by atoms with E-state index >= 15 is 0 Å². The van der Waals surface area contributed by atoms with Gasteiger partial charge in [0, 0.05) is 10.1 Å². The van der Waals surface area contributed by atoms with E-state index in [1.807, 2.05) is 43.3 Å². The average molecular weight is 384 g/mol. The Morgan fingerprint density at radius 1 is 1.19 bits per heavy atom. The Morgan fingerprint density at radius 3 is 2.69 bits per heavy atom. The predicted molar refractivity (Wildman–Crippen MR) is 105 cm³/mol. The SMILES string of the molecule is COc1ccc(/C=C2/N=C(c3sc4cc(C)ccc4c3Cl)OC2=O)cc1. The summed E-state index contributed by atoms with van der Waals surface area (Å²) in [4.78, 5) is 17.2. The van der Waals surface area contributed by atoms with E-state index in [2.05, 4.69) is 11.1 Å². The van der Waals surface area contributed by atoms with Crippen LogP contribution in [0.1, 0.15) is 16.0 Å². The van der Waals surface area contributed by atoms with Crippen molar-refractivity contribution >= 4 is 51.0 Å². The molecule has 0 amide bonds. The molecule has 1 aliphatic heterocycles. The zero-order valence-corrected chi connectivity index (χ0v) is 15.6. The van der Waals surface area contributed by atoms with Crippen molar-refractivity contribution in [3.05, 3.63) is 69.2 Å². The van der Waals surface area contributed by atoms with Gasteiger partial charge in [0.25, 0.3) is 0 Å². The van der Waals surface area contributed by atoms with Gasteiger partial charge in [-0.25, -0.2) is 9.79 Å². The number of benzene rings is 2. The van der Waals surface area contributed by atoms with Gasteiger partial charge in [0.15, 0.2) is 5.70 Å². The number of carbonyl (C=O) groups is 1. The number of carbonyl (C=O) groups excluding carboxylic acids is 1. The van der Waals surface area contributed by atoms with E-state index in [1.54, 1.807) is 13.2 Å². The summed E-state index contributed by atoms with van der Waals surface area (Å²) < 4.78 is 11.5. The van der Waals surface area contributed by atoms with Gasteiger partial charge in [-0.05, 0) is 42.3 Å². The normalized spacial score (nSPS) is 15.4. The van der Waals surface area contributed by atoms with Gasteiger partial charge in [-0.1, -0.05) is 35.9 Å². The van der Waals surface area contributed by atoms with Crippen LogP contribution in [0.3, 0.4) is 0 Å². The van der Waals surface area contributed by atoms with Crippen molar-refractivity contribution in [2.75, 3.05) is 7.11 Å². The molecule has 6 heteroatoms. The van der Waals surface area contributed by atoms with Gasteiger partial charge < -0.3 is 9.47 Å². The van der Waals surface area contributed by atoms with Crippen molar-refractivity contribution in [3.8, 4) is 5.75 Å². The van der Waals surface area contributed by atoms with Crippen molar-refractivity contribution in [2.45, 2.75) is 6.92 Å². The van der Waals surface area contributed by atoms with Crippen molar-refractivity contribution in [1.82, 2.24) is 0 Å². The standard InChI is InChI=1S/C20H14ClNO3S/c1-11-3-8-14-16(9-11)26-18(17(14)21)19-22-15(20(23)25-19)10-12-4-6-13(24-2)7-5-12/h3-10H,1-2H3/b15-10+. The summed E-state index contributed by atoms with van der Waals surface area (Å²) in [6.45, 7) is 2.02. The quantitative estimate of drug-likeness (QED) is 0.460. The van der Waals surface area contributed by atoms with Gasteiger partial charge >= 0.3 is 5.97 Å². The van der Waals surface area contributed by atoms with E-state index < -0.39 is 5.97 Å². The second-order valence-corrected chi connectivity index (χ2v) is 7.28. The third kappa shape index (κ3) is 3.00. The first-order valence-electron chi connectivity index (χ1n) is 7.91. The molecular weight excluding hydrogens is 370 g/mol. The summed E-state index contributed by atoms with van der Waals surface area (Å²) >= 11 is 7.95. The van der Waals surface area contributed by atoms with Gasteiger partial charge in [0.05, 0.1) is 12.1 Å².